The van der Waals surface area contributed by atoms with Crippen LogP contribution in [0.15, 0.2) is 84.5 Å². The minimum Gasteiger partial charge on any atom is -0.338 e. The van der Waals surface area contributed by atoms with Crippen LogP contribution in [-0.4, -0.2) is 21.4 Å². The summed E-state index contributed by atoms with van der Waals surface area (Å²) in [5.74, 6) is 0.449. The highest BCUT2D eigenvalue weighted by molar-refractivity contribution is 7.09. The molecule has 2 heterocycles. The van der Waals surface area contributed by atoms with Crippen LogP contribution in [0.2, 0.25) is 0 Å². The van der Waals surface area contributed by atoms with Crippen molar-refractivity contribution in [3.05, 3.63) is 106 Å². The number of benzene rings is 2. The summed E-state index contributed by atoms with van der Waals surface area (Å²) in [7, 11) is 1.90. The molecule has 0 aliphatic heterocycles. The maximum Gasteiger partial charge on any atom is 0.252 e. The van der Waals surface area contributed by atoms with Gasteiger partial charge in [0.2, 0.25) is 5.91 Å². The van der Waals surface area contributed by atoms with E-state index in [1.54, 1.807) is 41.8 Å². The number of nitrogens with zero attached hydrogens (tertiary/aromatic N) is 2. The van der Waals surface area contributed by atoms with Crippen LogP contribution in [0.25, 0.3) is 0 Å². The maximum atomic E-state index is 13.1. The molecule has 6 nitrogen and oxygen atoms in total. The number of aromatic nitrogens is 2. The zero-order valence-corrected chi connectivity index (χ0v) is 19.2. The van der Waals surface area contributed by atoms with Crippen molar-refractivity contribution in [1.82, 2.24) is 14.9 Å². The van der Waals surface area contributed by atoms with Crippen molar-refractivity contribution in [3.8, 4) is 0 Å². The molecule has 2 aromatic carbocycles. The maximum absolute atomic E-state index is 13.1. The Bertz CT molecular complexity index is 1200. The fraction of sp³-hybridized carbons (Fsp3) is 0.192. The van der Waals surface area contributed by atoms with Gasteiger partial charge in [-0.25, -0.2) is 4.98 Å². The second-order valence-electron chi connectivity index (χ2n) is 7.78. The molecule has 0 aliphatic rings. The Kier molecular flexibility index (Phi) is 7.32. The van der Waals surface area contributed by atoms with Crippen molar-refractivity contribution < 1.29 is 9.59 Å². The van der Waals surface area contributed by atoms with E-state index in [1.807, 2.05) is 59.6 Å². The number of thiophene rings is 1. The molecule has 4 aromatic rings. The lowest BCUT2D eigenvalue weighted by Crippen LogP contribution is -2.31. The first-order chi connectivity index (χ1) is 16.1. The average molecular weight is 459 g/mol. The highest BCUT2D eigenvalue weighted by atomic mass is 32.1. The van der Waals surface area contributed by atoms with Crippen LogP contribution in [0.1, 0.15) is 45.5 Å². The quantitative estimate of drug-likeness (QED) is 0.372. The predicted octanol–water partition coefficient (Wildman–Crippen LogP) is 4.96. The second kappa shape index (κ2) is 10.7. The van der Waals surface area contributed by atoms with Gasteiger partial charge in [0.25, 0.3) is 5.91 Å². The molecule has 0 radical (unpaired) electrons. The largest absolute Gasteiger partial charge is 0.338 e. The number of hydrogen-bond acceptors (Lipinski definition) is 4. The molecule has 0 fully saturated rings. The molecule has 1 unspecified atom stereocenters. The second-order valence-corrected chi connectivity index (χ2v) is 8.81. The molecule has 0 saturated carbocycles. The molecule has 0 bridgehead atoms. The van der Waals surface area contributed by atoms with Crippen LogP contribution >= 0.6 is 11.3 Å². The minimum atomic E-state index is -0.394. The van der Waals surface area contributed by atoms with Crippen LogP contribution in [0.5, 0.6) is 0 Å². The van der Waals surface area contributed by atoms with Gasteiger partial charge in [-0.15, -0.1) is 11.3 Å². The lowest BCUT2D eigenvalue weighted by atomic mass is 10.1. The van der Waals surface area contributed by atoms with Crippen LogP contribution < -0.4 is 10.6 Å². The molecular weight excluding hydrogens is 432 g/mol. The number of rotatable bonds is 9. The molecule has 2 amide bonds. The number of amides is 2. The Hall–Kier alpha value is -3.71. The van der Waals surface area contributed by atoms with Gasteiger partial charge < -0.3 is 15.2 Å². The minimum absolute atomic E-state index is 0.0562. The van der Waals surface area contributed by atoms with E-state index >= 15 is 0 Å². The molecule has 0 saturated heterocycles. The molecule has 1 atom stereocenters. The van der Waals surface area contributed by atoms with Crippen LogP contribution in [-0.2, 0) is 18.3 Å². The van der Waals surface area contributed by atoms with Gasteiger partial charge in [-0.05, 0) is 48.1 Å². The summed E-state index contributed by atoms with van der Waals surface area (Å²) >= 11 is 1.70. The SMILES string of the molecule is Cn1ccnc1C(NC(=O)c1cccc(NC(=O)CCCc2cccs2)c1)c1ccccc1. The number of hydrogen-bond donors (Lipinski definition) is 2. The van der Waals surface area contributed by atoms with Gasteiger partial charge in [0, 0.05) is 42.0 Å². The predicted molar refractivity (Wildman–Crippen MR) is 131 cm³/mol. The Morgan fingerprint density at radius 2 is 1.91 bits per heavy atom. The summed E-state index contributed by atoms with van der Waals surface area (Å²) in [6.07, 6.45) is 5.68. The van der Waals surface area contributed by atoms with Crippen molar-refractivity contribution in [2.75, 3.05) is 5.32 Å². The third kappa shape index (κ3) is 5.96. The third-order valence-electron chi connectivity index (χ3n) is 5.34. The van der Waals surface area contributed by atoms with Gasteiger partial charge in [0.05, 0.1) is 0 Å². The number of carbonyl (C=O) groups excluding carboxylic acids is 2. The van der Waals surface area contributed by atoms with E-state index in [0.717, 1.165) is 24.2 Å². The first kappa shape index (κ1) is 22.5. The van der Waals surface area contributed by atoms with Crippen LogP contribution in [0, 0.1) is 0 Å². The third-order valence-corrected chi connectivity index (χ3v) is 6.28. The van der Waals surface area contributed by atoms with Crippen molar-refractivity contribution >= 4 is 28.8 Å². The number of carbonyl (C=O) groups is 2. The molecule has 0 spiro atoms. The molecule has 0 aliphatic carbocycles. The Morgan fingerprint density at radius 1 is 1.06 bits per heavy atom. The fourth-order valence-corrected chi connectivity index (χ4v) is 4.40. The summed E-state index contributed by atoms with van der Waals surface area (Å²) in [5, 5.41) is 8.04. The molecule has 2 N–H and O–H groups in total. The van der Waals surface area contributed by atoms with E-state index < -0.39 is 6.04 Å². The lowest BCUT2D eigenvalue weighted by Gasteiger charge is -2.19. The van der Waals surface area contributed by atoms with Crippen LogP contribution in [0.3, 0.4) is 0 Å². The fourth-order valence-electron chi connectivity index (χ4n) is 3.65. The number of nitrogens with one attached hydrogen (secondary N) is 2. The zero-order chi connectivity index (χ0) is 23.0. The molecule has 33 heavy (non-hydrogen) atoms. The van der Waals surface area contributed by atoms with E-state index in [4.69, 9.17) is 0 Å². The lowest BCUT2D eigenvalue weighted by molar-refractivity contribution is -0.116. The van der Waals surface area contributed by atoms with E-state index in [-0.39, 0.29) is 11.8 Å². The van der Waals surface area contributed by atoms with E-state index in [9.17, 15) is 9.59 Å². The standard InChI is InChI=1S/C26H26N4O2S/c1-30-16-15-27-25(30)24(19-8-3-2-4-9-19)29-26(32)20-10-5-11-21(18-20)28-23(31)14-6-12-22-13-7-17-33-22/h2-5,7-11,13,15-18,24H,6,12,14H2,1H3,(H,28,31)(H,29,32). The van der Waals surface area contributed by atoms with Crippen molar-refractivity contribution in [3.63, 3.8) is 0 Å². The number of imidazole rings is 1. The average Bonchev–Trinajstić information content (AvgIpc) is 3.50. The Labute approximate surface area is 197 Å². The van der Waals surface area contributed by atoms with Gasteiger partial charge in [0.1, 0.15) is 11.9 Å². The van der Waals surface area contributed by atoms with Gasteiger partial charge in [-0.3, -0.25) is 9.59 Å². The topological polar surface area (TPSA) is 76.0 Å². The Balaban J connectivity index is 1.42. The smallest absolute Gasteiger partial charge is 0.252 e. The highest BCUT2D eigenvalue weighted by Crippen LogP contribution is 2.21. The van der Waals surface area contributed by atoms with E-state index in [0.29, 0.717) is 17.7 Å². The molecule has 4 rings (SSSR count). The van der Waals surface area contributed by atoms with Crippen molar-refractivity contribution in [1.29, 1.82) is 0 Å². The summed E-state index contributed by atoms with van der Waals surface area (Å²) in [6.45, 7) is 0. The summed E-state index contributed by atoms with van der Waals surface area (Å²) in [6, 6.07) is 20.5. The molecule has 2 aromatic heterocycles. The van der Waals surface area contributed by atoms with Crippen molar-refractivity contribution in [2.45, 2.75) is 25.3 Å². The van der Waals surface area contributed by atoms with E-state index in [1.165, 1.54) is 4.88 Å². The number of anilines is 1. The van der Waals surface area contributed by atoms with Gasteiger partial charge in [0.15, 0.2) is 0 Å². The van der Waals surface area contributed by atoms with Gasteiger partial charge >= 0.3 is 0 Å². The number of aryl methyl sites for hydroxylation is 2. The highest BCUT2D eigenvalue weighted by Gasteiger charge is 2.21. The van der Waals surface area contributed by atoms with E-state index in [2.05, 4.69) is 21.7 Å². The van der Waals surface area contributed by atoms with Crippen molar-refractivity contribution in [2.24, 2.45) is 7.05 Å². The van der Waals surface area contributed by atoms with Crippen LogP contribution in [0.4, 0.5) is 5.69 Å². The monoisotopic (exact) mass is 458 g/mol. The summed E-state index contributed by atoms with van der Waals surface area (Å²) < 4.78 is 1.89. The molecule has 7 heteroatoms. The Morgan fingerprint density at radius 3 is 2.64 bits per heavy atom. The van der Waals surface area contributed by atoms with Gasteiger partial charge in [-0.2, -0.15) is 0 Å². The first-order valence-corrected chi connectivity index (χ1v) is 11.7. The molecule has 168 valence electrons. The first-order valence-electron chi connectivity index (χ1n) is 10.9. The summed E-state index contributed by atoms with van der Waals surface area (Å²) in [5.41, 5.74) is 2.02. The summed E-state index contributed by atoms with van der Waals surface area (Å²) in [4.78, 5) is 31.2. The van der Waals surface area contributed by atoms with Gasteiger partial charge in [-0.1, -0.05) is 42.5 Å². The zero-order valence-electron chi connectivity index (χ0n) is 18.4. The molecular formula is C26H26N4O2S. The normalized spacial score (nSPS) is 11.7.